The fourth-order valence-corrected chi connectivity index (χ4v) is 2.73. The Kier molecular flexibility index (Phi) is 3.72. The number of hydrogen-bond acceptors (Lipinski definition) is 7. The van der Waals surface area contributed by atoms with E-state index in [0.717, 1.165) is 11.1 Å². The molecule has 1 unspecified atom stereocenters. The molecule has 8 nitrogen and oxygen atoms in total. The summed E-state index contributed by atoms with van der Waals surface area (Å²) < 4.78 is 16.0. The molecule has 1 atom stereocenters. The number of benzene rings is 1. The highest BCUT2D eigenvalue weighted by Crippen LogP contribution is 2.35. The summed E-state index contributed by atoms with van der Waals surface area (Å²) >= 11 is 0. The summed E-state index contributed by atoms with van der Waals surface area (Å²) in [5, 5.41) is 6.87. The van der Waals surface area contributed by atoms with Gasteiger partial charge in [0.15, 0.2) is 6.39 Å². The van der Waals surface area contributed by atoms with Gasteiger partial charge in [0.25, 0.3) is 5.91 Å². The van der Waals surface area contributed by atoms with E-state index in [0.29, 0.717) is 36.2 Å². The molecular weight excluding hydrogens is 324 g/mol. The first-order chi connectivity index (χ1) is 12.2. The van der Waals surface area contributed by atoms with E-state index in [1.54, 1.807) is 6.92 Å². The average Bonchev–Trinajstić information content (AvgIpc) is 3.34. The third-order valence-electron chi connectivity index (χ3n) is 4.08. The summed E-state index contributed by atoms with van der Waals surface area (Å²) in [7, 11) is 0. The highest BCUT2D eigenvalue weighted by Gasteiger charge is 2.28. The summed E-state index contributed by atoms with van der Waals surface area (Å²) in [5.74, 6) is 1.70. The second kappa shape index (κ2) is 6.04. The lowest BCUT2D eigenvalue weighted by Crippen LogP contribution is -2.29. The molecule has 1 aliphatic rings. The van der Waals surface area contributed by atoms with Crippen LogP contribution in [0.1, 0.15) is 40.7 Å². The van der Waals surface area contributed by atoms with E-state index < -0.39 is 0 Å². The van der Waals surface area contributed by atoms with Crippen molar-refractivity contribution < 1.29 is 18.5 Å². The minimum Gasteiger partial charge on any atom is -0.491 e. The van der Waals surface area contributed by atoms with Crippen LogP contribution in [-0.4, -0.2) is 27.6 Å². The number of hydrogen-bond donors (Lipinski definition) is 1. The highest BCUT2D eigenvalue weighted by atomic mass is 16.5. The Labute approximate surface area is 143 Å². The van der Waals surface area contributed by atoms with Gasteiger partial charge in [-0.1, -0.05) is 24.2 Å². The Morgan fingerprint density at radius 1 is 1.40 bits per heavy atom. The number of ether oxygens (including phenoxy) is 1. The molecule has 0 saturated heterocycles. The largest absolute Gasteiger partial charge is 0.491 e. The lowest BCUT2D eigenvalue weighted by Gasteiger charge is -2.10. The Hall–Kier alpha value is -3.16. The van der Waals surface area contributed by atoms with Gasteiger partial charge in [0.2, 0.25) is 17.5 Å². The zero-order chi connectivity index (χ0) is 17.4. The van der Waals surface area contributed by atoms with Crippen LogP contribution in [0, 0.1) is 6.92 Å². The fourth-order valence-electron chi connectivity index (χ4n) is 2.73. The Balaban J connectivity index is 1.55. The molecule has 0 saturated carbocycles. The van der Waals surface area contributed by atoms with Crippen LogP contribution in [-0.2, 0) is 6.42 Å². The smallest absolute Gasteiger partial charge is 0.289 e. The van der Waals surface area contributed by atoms with Gasteiger partial charge in [0, 0.05) is 17.5 Å². The third-order valence-corrected chi connectivity index (χ3v) is 4.08. The quantitative estimate of drug-likeness (QED) is 0.778. The lowest BCUT2D eigenvalue weighted by molar-refractivity contribution is 0.0901. The monoisotopic (exact) mass is 340 g/mol. The molecule has 1 aliphatic heterocycles. The average molecular weight is 340 g/mol. The van der Waals surface area contributed by atoms with E-state index >= 15 is 0 Å². The van der Waals surface area contributed by atoms with Crippen LogP contribution in [0.5, 0.6) is 5.75 Å². The molecule has 128 valence electrons. The van der Waals surface area contributed by atoms with Crippen molar-refractivity contribution in [1.82, 2.24) is 20.4 Å². The topological polar surface area (TPSA) is 103 Å². The van der Waals surface area contributed by atoms with E-state index in [-0.39, 0.29) is 17.7 Å². The number of carbonyl (C=O) groups excluding carboxylic acids is 1. The minimum absolute atomic E-state index is 0.212. The number of aryl methyl sites for hydroxylation is 2. The van der Waals surface area contributed by atoms with Crippen molar-refractivity contribution in [2.45, 2.75) is 26.3 Å². The highest BCUT2D eigenvalue weighted by molar-refractivity contribution is 5.92. The van der Waals surface area contributed by atoms with Gasteiger partial charge in [0.1, 0.15) is 12.4 Å². The number of carbonyl (C=O) groups is 1. The van der Waals surface area contributed by atoms with Crippen LogP contribution in [0.2, 0.25) is 0 Å². The second-order valence-corrected chi connectivity index (χ2v) is 5.72. The van der Waals surface area contributed by atoms with E-state index in [4.69, 9.17) is 13.7 Å². The van der Waals surface area contributed by atoms with Gasteiger partial charge < -0.3 is 19.0 Å². The normalized spacial score (nSPS) is 15.7. The van der Waals surface area contributed by atoms with Gasteiger partial charge >= 0.3 is 0 Å². The molecule has 1 amide bonds. The molecular formula is C17H16N4O4. The van der Waals surface area contributed by atoms with Gasteiger partial charge in [-0.25, -0.2) is 4.98 Å². The zero-order valence-corrected chi connectivity index (χ0v) is 13.8. The number of aromatic nitrogens is 3. The maximum atomic E-state index is 12.3. The van der Waals surface area contributed by atoms with Gasteiger partial charge in [-0.05, 0) is 13.0 Å². The molecule has 2 aromatic heterocycles. The van der Waals surface area contributed by atoms with Gasteiger partial charge in [-0.15, -0.1) is 0 Å². The second-order valence-electron chi connectivity index (χ2n) is 5.72. The van der Waals surface area contributed by atoms with Crippen LogP contribution in [0.3, 0.4) is 0 Å². The van der Waals surface area contributed by atoms with Crippen molar-refractivity contribution in [3.63, 3.8) is 0 Å². The van der Waals surface area contributed by atoms with E-state index in [2.05, 4.69) is 20.4 Å². The van der Waals surface area contributed by atoms with E-state index in [9.17, 15) is 4.79 Å². The number of amides is 1. The fraction of sp³-hybridized carbons (Fsp3) is 0.294. The zero-order valence-electron chi connectivity index (χ0n) is 13.8. The van der Waals surface area contributed by atoms with E-state index in [1.165, 1.54) is 6.39 Å². The van der Waals surface area contributed by atoms with Crippen LogP contribution in [0.15, 0.2) is 33.5 Å². The van der Waals surface area contributed by atoms with Gasteiger partial charge in [-0.2, -0.15) is 4.98 Å². The first kappa shape index (κ1) is 15.4. The predicted molar refractivity (Wildman–Crippen MR) is 86.1 cm³/mol. The van der Waals surface area contributed by atoms with Crippen molar-refractivity contribution in [2.75, 3.05) is 6.61 Å². The summed E-state index contributed by atoms with van der Waals surface area (Å²) in [4.78, 5) is 20.5. The molecule has 1 N–H and O–H groups in total. The first-order valence-corrected chi connectivity index (χ1v) is 7.96. The summed E-state index contributed by atoms with van der Waals surface area (Å²) in [6.07, 6.45) is 1.94. The van der Waals surface area contributed by atoms with Crippen LogP contribution in [0.25, 0.3) is 11.4 Å². The van der Waals surface area contributed by atoms with E-state index in [1.807, 2.05) is 25.1 Å². The molecule has 0 spiro atoms. The molecule has 0 aliphatic carbocycles. The molecule has 4 rings (SSSR count). The molecule has 25 heavy (non-hydrogen) atoms. The lowest BCUT2D eigenvalue weighted by atomic mass is 10.1. The number of fused-ring (bicyclic) bond motifs is 1. The van der Waals surface area contributed by atoms with Crippen molar-refractivity contribution in [3.05, 3.63) is 47.5 Å². The maximum absolute atomic E-state index is 12.3. The maximum Gasteiger partial charge on any atom is 0.289 e. The molecule has 0 bridgehead atoms. The SMILES string of the molecule is CCc1nc(-c2ccc3c(c2)OCC3NC(=O)c2ocnc2C)no1. The number of nitrogens with one attached hydrogen (secondary N) is 1. The Bertz CT molecular complexity index is 930. The van der Waals surface area contributed by atoms with Gasteiger partial charge in [-0.3, -0.25) is 4.79 Å². The minimum atomic E-state index is -0.314. The van der Waals surface area contributed by atoms with Crippen molar-refractivity contribution in [2.24, 2.45) is 0 Å². The first-order valence-electron chi connectivity index (χ1n) is 7.96. The Morgan fingerprint density at radius 3 is 3.00 bits per heavy atom. The molecule has 3 heterocycles. The third kappa shape index (κ3) is 2.75. The van der Waals surface area contributed by atoms with Crippen molar-refractivity contribution in [1.29, 1.82) is 0 Å². The summed E-state index contributed by atoms with van der Waals surface area (Å²) in [5.41, 5.74) is 2.25. The van der Waals surface area contributed by atoms with Crippen LogP contribution in [0.4, 0.5) is 0 Å². The molecule has 1 aromatic carbocycles. The van der Waals surface area contributed by atoms with Crippen LogP contribution >= 0.6 is 0 Å². The summed E-state index contributed by atoms with van der Waals surface area (Å²) in [6, 6.07) is 5.39. The van der Waals surface area contributed by atoms with Gasteiger partial charge in [0.05, 0.1) is 11.7 Å². The van der Waals surface area contributed by atoms with Crippen LogP contribution < -0.4 is 10.1 Å². The predicted octanol–water partition coefficient (Wildman–Crippen LogP) is 2.46. The standard InChI is InChI=1S/C17H16N4O4/c1-3-14-20-16(21-25-14)10-4-5-11-12(7-23-13(11)6-10)19-17(22)15-9(2)18-8-24-15/h4-6,8,12H,3,7H2,1-2H3,(H,19,22). The molecule has 3 aromatic rings. The molecule has 0 fully saturated rings. The van der Waals surface area contributed by atoms with Crippen molar-refractivity contribution >= 4 is 5.91 Å². The Morgan fingerprint density at radius 2 is 2.28 bits per heavy atom. The molecule has 8 heteroatoms. The number of nitrogens with zero attached hydrogens (tertiary/aromatic N) is 3. The molecule has 0 radical (unpaired) electrons. The number of rotatable bonds is 4. The summed E-state index contributed by atoms with van der Waals surface area (Å²) in [6.45, 7) is 4.02. The number of oxazole rings is 1. The van der Waals surface area contributed by atoms with Crippen molar-refractivity contribution in [3.8, 4) is 17.1 Å².